The molecule has 0 unspecified atom stereocenters. The van der Waals surface area contributed by atoms with Crippen LogP contribution in [0.5, 0.6) is 0 Å². The van der Waals surface area contributed by atoms with E-state index < -0.39 is 0 Å². The summed E-state index contributed by atoms with van der Waals surface area (Å²) >= 11 is 1.88. The summed E-state index contributed by atoms with van der Waals surface area (Å²) in [7, 11) is 0. The molecule has 16 heavy (non-hydrogen) atoms. The highest BCUT2D eigenvalue weighted by atomic mass is 32.1. The van der Waals surface area contributed by atoms with Gasteiger partial charge in [0.1, 0.15) is 0 Å². The molecule has 0 nitrogen and oxygen atoms in total. The molecule has 0 fully saturated rings. The second-order valence-electron chi connectivity index (χ2n) is 3.88. The fourth-order valence-electron chi connectivity index (χ4n) is 2.12. The first-order valence-corrected chi connectivity index (χ1v) is 6.22. The molecule has 0 aliphatic rings. The van der Waals surface area contributed by atoms with Crippen molar-refractivity contribution in [2.45, 2.75) is 6.42 Å². The zero-order valence-electron chi connectivity index (χ0n) is 8.94. The average molecular weight is 224 g/mol. The normalized spacial score (nSPS) is 11.0. The minimum atomic E-state index is 0.949. The maximum absolute atomic E-state index is 3.82. The van der Waals surface area contributed by atoms with E-state index in [1.807, 2.05) is 17.4 Å². The molecular weight excluding hydrogens is 212 g/mol. The number of rotatable bonds is 2. The summed E-state index contributed by atoms with van der Waals surface area (Å²) < 4.78 is 2.78. The van der Waals surface area contributed by atoms with Crippen LogP contribution in [0.3, 0.4) is 0 Å². The van der Waals surface area contributed by atoms with Crippen LogP contribution in [0.15, 0.2) is 55.1 Å². The Morgan fingerprint density at radius 3 is 2.69 bits per heavy atom. The van der Waals surface area contributed by atoms with Crippen molar-refractivity contribution in [1.29, 1.82) is 0 Å². The lowest BCUT2D eigenvalue weighted by atomic mass is 10.1. The molecule has 3 rings (SSSR count). The van der Waals surface area contributed by atoms with Crippen LogP contribution in [0.2, 0.25) is 0 Å². The Hall–Kier alpha value is -1.60. The van der Waals surface area contributed by atoms with Gasteiger partial charge in [0.15, 0.2) is 0 Å². The van der Waals surface area contributed by atoms with Crippen LogP contribution in [0.1, 0.15) is 5.56 Å². The average Bonchev–Trinajstić information content (AvgIpc) is 2.69. The SMILES string of the molecule is C=CCc1cccc2c1sc1ccccc12. The Morgan fingerprint density at radius 2 is 1.81 bits per heavy atom. The standard InChI is InChI=1S/C15H12S/c1-2-6-11-7-5-9-13-12-8-3-4-10-14(12)16-15(11)13/h2-5,7-10H,1,6H2. The van der Waals surface area contributed by atoms with Gasteiger partial charge in [0.05, 0.1) is 0 Å². The lowest BCUT2D eigenvalue weighted by Gasteiger charge is -1.98. The minimum Gasteiger partial charge on any atom is -0.135 e. The van der Waals surface area contributed by atoms with Crippen molar-refractivity contribution >= 4 is 31.5 Å². The van der Waals surface area contributed by atoms with Crippen LogP contribution in [-0.2, 0) is 6.42 Å². The lowest BCUT2D eigenvalue weighted by molar-refractivity contribution is 1.32. The third-order valence-corrected chi connectivity index (χ3v) is 4.11. The predicted octanol–water partition coefficient (Wildman–Crippen LogP) is 4.78. The largest absolute Gasteiger partial charge is 0.135 e. The molecule has 2 aromatic carbocycles. The van der Waals surface area contributed by atoms with Crippen LogP contribution in [0, 0.1) is 0 Å². The minimum absolute atomic E-state index is 0.949. The Labute approximate surface area is 98.8 Å². The van der Waals surface area contributed by atoms with Gasteiger partial charge >= 0.3 is 0 Å². The van der Waals surface area contributed by atoms with Gasteiger partial charge in [-0.2, -0.15) is 0 Å². The van der Waals surface area contributed by atoms with Gasteiger partial charge in [-0.3, -0.25) is 0 Å². The van der Waals surface area contributed by atoms with Gasteiger partial charge in [0.2, 0.25) is 0 Å². The highest BCUT2D eigenvalue weighted by Crippen LogP contribution is 2.35. The molecular formula is C15H12S. The van der Waals surface area contributed by atoms with Crippen molar-refractivity contribution in [2.24, 2.45) is 0 Å². The maximum atomic E-state index is 3.82. The molecule has 1 heterocycles. The highest BCUT2D eigenvalue weighted by molar-refractivity contribution is 7.26. The molecule has 0 bridgehead atoms. The fraction of sp³-hybridized carbons (Fsp3) is 0.0667. The molecule has 1 aromatic heterocycles. The molecule has 0 saturated carbocycles. The number of hydrogen-bond donors (Lipinski definition) is 0. The molecule has 0 aliphatic carbocycles. The molecule has 3 aromatic rings. The third kappa shape index (κ3) is 1.36. The zero-order valence-corrected chi connectivity index (χ0v) is 9.76. The molecule has 1 heteroatoms. The predicted molar refractivity (Wildman–Crippen MR) is 73.2 cm³/mol. The van der Waals surface area contributed by atoms with Gasteiger partial charge in [-0.1, -0.05) is 42.5 Å². The number of fused-ring (bicyclic) bond motifs is 3. The summed E-state index contributed by atoms with van der Waals surface area (Å²) in [6.07, 6.45) is 2.92. The summed E-state index contributed by atoms with van der Waals surface area (Å²) in [5.41, 5.74) is 1.38. The first kappa shape index (κ1) is 9.61. The van der Waals surface area contributed by atoms with Gasteiger partial charge in [0, 0.05) is 20.2 Å². The van der Waals surface area contributed by atoms with E-state index in [1.165, 1.54) is 25.7 Å². The van der Waals surface area contributed by atoms with E-state index in [1.54, 1.807) is 0 Å². The Bertz CT molecular complexity index is 661. The van der Waals surface area contributed by atoms with Crippen LogP contribution < -0.4 is 0 Å². The fourth-order valence-corrected chi connectivity index (χ4v) is 3.35. The molecule has 78 valence electrons. The third-order valence-electron chi connectivity index (χ3n) is 2.85. The molecule has 0 saturated heterocycles. The Balaban J connectivity index is 2.43. The highest BCUT2D eigenvalue weighted by Gasteiger charge is 2.06. The van der Waals surface area contributed by atoms with Gasteiger partial charge in [-0.05, 0) is 18.1 Å². The number of thiophene rings is 1. The van der Waals surface area contributed by atoms with E-state index in [9.17, 15) is 0 Å². The van der Waals surface area contributed by atoms with Crippen LogP contribution in [0.25, 0.3) is 20.2 Å². The molecule has 0 radical (unpaired) electrons. The first-order valence-electron chi connectivity index (χ1n) is 5.40. The van der Waals surface area contributed by atoms with Crippen molar-refractivity contribution < 1.29 is 0 Å². The van der Waals surface area contributed by atoms with E-state index in [0.717, 1.165) is 6.42 Å². The molecule has 0 aliphatic heterocycles. The van der Waals surface area contributed by atoms with Gasteiger partial charge in [0.25, 0.3) is 0 Å². The van der Waals surface area contributed by atoms with Crippen molar-refractivity contribution in [2.75, 3.05) is 0 Å². The first-order chi connectivity index (χ1) is 7.90. The van der Waals surface area contributed by atoms with Gasteiger partial charge < -0.3 is 0 Å². The van der Waals surface area contributed by atoms with Gasteiger partial charge in [-0.25, -0.2) is 0 Å². The van der Waals surface area contributed by atoms with Crippen LogP contribution in [0.4, 0.5) is 0 Å². The summed E-state index contributed by atoms with van der Waals surface area (Å²) in [6, 6.07) is 15.1. The Kier molecular flexibility index (Phi) is 2.26. The van der Waals surface area contributed by atoms with Crippen molar-refractivity contribution in [3.63, 3.8) is 0 Å². The molecule has 0 atom stereocenters. The van der Waals surface area contributed by atoms with E-state index >= 15 is 0 Å². The van der Waals surface area contributed by atoms with E-state index in [2.05, 4.69) is 49.0 Å². The monoisotopic (exact) mass is 224 g/mol. The second kappa shape index (κ2) is 3.76. The van der Waals surface area contributed by atoms with Crippen molar-refractivity contribution in [3.05, 3.63) is 60.7 Å². The zero-order chi connectivity index (χ0) is 11.0. The van der Waals surface area contributed by atoms with E-state index in [-0.39, 0.29) is 0 Å². The second-order valence-corrected chi connectivity index (χ2v) is 4.94. The summed E-state index contributed by atoms with van der Waals surface area (Å²) in [4.78, 5) is 0. The van der Waals surface area contributed by atoms with Gasteiger partial charge in [-0.15, -0.1) is 17.9 Å². The topological polar surface area (TPSA) is 0 Å². The molecule has 0 spiro atoms. The van der Waals surface area contributed by atoms with E-state index in [4.69, 9.17) is 0 Å². The molecule has 0 N–H and O–H groups in total. The van der Waals surface area contributed by atoms with Crippen molar-refractivity contribution in [1.82, 2.24) is 0 Å². The molecule has 0 amide bonds. The summed E-state index contributed by atoms with van der Waals surface area (Å²) in [5.74, 6) is 0. The maximum Gasteiger partial charge on any atom is 0.0390 e. The smallest absolute Gasteiger partial charge is 0.0390 e. The quantitative estimate of drug-likeness (QED) is 0.549. The van der Waals surface area contributed by atoms with Crippen LogP contribution in [-0.4, -0.2) is 0 Å². The lowest BCUT2D eigenvalue weighted by Crippen LogP contribution is -1.79. The van der Waals surface area contributed by atoms with E-state index in [0.29, 0.717) is 0 Å². The van der Waals surface area contributed by atoms with Crippen LogP contribution >= 0.6 is 11.3 Å². The summed E-state index contributed by atoms with van der Waals surface area (Å²) in [6.45, 7) is 3.82. The number of benzene rings is 2. The summed E-state index contributed by atoms with van der Waals surface area (Å²) in [5, 5.41) is 2.74. The Morgan fingerprint density at radius 1 is 1.00 bits per heavy atom. The van der Waals surface area contributed by atoms with Crippen molar-refractivity contribution in [3.8, 4) is 0 Å². The number of hydrogen-bond acceptors (Lipinski definition) is 1. The number of allylic oxidation sites excluding steroid dienone is 1.